The maximum absolute atomic E-state index is 7.19. The molecule has 8 heteroatoms. The van der Waals surface area contributed by atoms with E-state index < -0.39 is 0 Å². The van der Waals surface area contributed by atoms with Crippen molar-refractivity contribution in [1.29, 1.82) is 0 Å². The molecule has 62 heavy (non-hydrogen) atoms. The fourth-order valence-corrected chi connectivity index (χ4v) is 11.7. The van der Waals surface area contributed by atoms with Gasteiger partial charge in [0.15, 0.2) is 0 Å². The van der Waals surface area contributed by atoms with Crippen LogP contribution in [0, 0.1) is 0 Å². The van der Waals surface area contributed by atoms with Crippen molar-refractivity contribution in [2.45, 2.75) is 0 Å². The molecule has 6 aliphatic heterocycles. The first-order chi connectivity index (χ1) is 30.8. The van der Waals surface area contributed by atoms with Crippen molar-refractivity contribution in [3.63, 3.8) is 0 Å². The number of hydrogen-bond donors (Lipinski definition) is 0. The summed E-state index contributed by atoms with van der Waals surface area (Å²) >= 11 is 0. The van der Waals surface area contributed by atoms with Gasteiger partial charge in [0.05, 0.1) is 11.4 Å². The number of nitrogens with zero attached hydrogens (tertiary/aromatic N) is 2. The monoisotopic (exact) mass is 790 g/mol. The number of benzene rings is 10. The average molecular weight is 790 g/mol. The summed E-state index contributed by atoms with van der Waals surface area (Å²) in [6, 6.07) is 60.4. The maximum Gasteiger partial charge on any atom is 0.266 e. The van der Waals surface area contributed by atoms with E-state index in [0.29, 0.717) is 0 Å². The lowest BCUT2D eigenvalue weighted by molar-refractivity contribution is 0.466. The van der Waals surface area contributed by atoms with E-state index in [1.807, 2.05) is 12.1 Å². The van der Waals surface area contributed by atoms with Crippen molar-refractivity contribution < 1.29 is 18.9 Å². The molecular weight excluding hydrogens is 762 g/mol. The van der Waals surface area contributed by atoms with Crippen molar-refractivity contribution >= 4 is 113 Å². The summed E-state index contributed by atoms with van der Waals surface area (Å²) in [4.78, 5) is 4.90. The highest BCUT2D eigenvalue weighted by molar-refractivity contribution is 7.02. The Hall–Kier alpha value is -8.09. The Morgan fingerprint density at radius 1 is 0.306 bits per heavy atom. The Morgan fingerprint density at radius 2 is 0.710 bits per heavy atom. The van der Waals surface area contributed by atoms with Gasteiger partial charge in [-0.1, -0.05) is 97.1 Å². The summed E-state index contributed by atoms with van der Waals surface area (Å²) in [7, 11) is 0. The maximum atomic E-state index is 7.19. The third kappa shape index (κ3) is 3.73. The summed E-state index contributed by atoms with van der Waals surface area (Å²) in [5.74, 6) is 6.79. The van der Waals surface area contributed by atoms with Crippen molar-refractivity contribution in [2.75, 3.05) is 9.80 Å². The van der Waals surface area contributed by atoms with Gasteiger partial charge in [-0.2, -0.15) is 0 Å². The molecule has 10 aromatic rings. The van der Waals surface area contributed by atoms with Crippen molar-refractivity contribution in [2.24, 2.45) is 0 Å². The molecule has 6 aliphatic rings. The predicted molar refractivity (Wildman–Crippen MR) is 251 cm³/mol. The molecule has 10 aromatic carbocycles. The van der Waals surface area contributed by atoms with Crippen LogP contribution in [0.4, 0.5) is 34.1 Å². The van der Waals surface area contributed by atoms with Gasteiger partial charge in [-0.3, -0.25) is 0 Å². The SMILES string of the molecule is c1ccc(N2c3cc4ccccc4c4c3B3c5c(cccc5O4)Oc4cc5c6c7c(cc5c2c43)Oc2cccc3c2B7c2c(cc4ccccc4c2O3)N6c2ccccc2)cc1. The van der Waals surface area contributed by atoms with E-state index in [2.05, 4.69) is 168 Å². The third-order valence-corrected chi connectivity index (χ3v) is 14.0. The van der Waals surface area contributed by atoms with E-state index in [0.717, 1.165) is 145 Å². The highest BCUT2D eigenvalue weighted by atomic mass is 16.5. The van der Waals surface area contributed by atoms with Gasteiger partial charge in [0, 0.05) is 55.2 Å². The van der Waals surface area contributed by atoms with Gasteiger partial charge in [-0.25, -0.2) is 0 Å². The van der Waals surface area contributed by atoms with Crippen LogP contribution in [0.1, 0.15) is 0 Å². The zero-order valence-corrected chi connectivity index (χ0v) is 32.8. The first-order valence-electron chi connectivity index (χ1n) is 21.2. The molecule has 0 saturated heterocycles. The molecule has 284 valence electrons. The summed E-state index contributed by atoms with van der Waals surface area (Å²) in [6.45, 7) is -0.251. The molecule has 0 amide bonds. The van der Waals surface area contributed by atoms with Crippen molar-refractivity contribution in [3.05, 3.63) is 170 Å². The van der Waals surface area contributed by atoms with Gasteiger partial charge in [-0.15, -0.1) is 0 Å². The lowest BCUT2D eigenvalue weighted by atomic mass is 9.32. The molecule has 6 heterocycles. The molecule has 0 radical (unpaired) electrons. The Balaban J connectivity index is 1.11. The number of ether oxygens (including phenoxy) is 4. The van der Waals surface area contributed by atoms with E-state index in [4.69, 9.17) is 18.9 Å². The number of hydrogen-bond acceptors (Lipinski definition) is 6. The minimum absolute atomic E-state index is 0.125. The Morgan fingerprint density at radius 3 is 1.16 bits per heavy atom. The molecule has 0 bridgehead atoms. The number of para-hydroxylation sites is 2. The van der Waals surface area contributed by atoms with Gasteiger partial charge in [-0.05, 0) is 105 Å². The average Bonchev–Trinajstić information content (AvgIpc) is 3.32. The van der Waals surface area contributed by atoms with Gasteiger partial charge in [0.1, 0.15) is 46.0 Å². The zero-order valence-electron chi connectivity index (χ0n) is 32.8. The number of anilines is 6. The first-order valence-corrected chi connectivity index (χ1v) is 21.2. The minimum Gasteiger partial charge on any atom is -0.458 e. The normalized spacial score (nSPS) is 14.5. The van der Waals surface area contributed by atoms with Gasteiger partial charge in [0.2, 0.25) is 0 Å². The van der Waals surface area contributed by atoms with E-state index >= 15 is 0 Å². The van der Waals surface area contributed by atoms with Gasteiger partial charge < -0.3 is 28.7 Å². The Labute approximate surface area is 355 Å². The summed E-state index contributed by atoms with van der Waals surface area (Å²) in [5, 5.41) is 6.59. The fraction of sp³-hybridized carbons (Fsp3) is 0. The minimum atomic E-state index is -0.125. The van der Waals surface area contributed by atoms with Gasteiger partial charge >= 0.3 is 0 Å². The molecule has 0 aliphatic carbocycles. The third-order valence-electron chi connectivity index (χ3n) is 14.0. The Bertz CT molecular complexity index is 3500. The molecule has 16 rings (SSSR count). The molecule has 0 N–H and O–H groups in total. The van der Waals surface area contributed by atoms with E-state index in [-0.39, 0.29) is 13.4 Å². The summed E-state index contributed by atoms with van der Waals surface area (Å²) < 4.78 is 28.4. The second-order valence-corrected chi connectivity index (χ2v) is 17.0. The van der Waals surface area contributed by atoms with E-state index in [1.165, 1.54) is 0 Å². The fourth-order valence-electron chi connectivity index (χ4n) is 11.7. The molecule has 0 spiro atoms. The predicted octanol–water partition coefficient (Wildman–Crippen LogP) is 10.2. The van der Waals surface area contributed by atoms with Crippen LogP contribution in [-0.4, -0.2) is 13.4 Å². The van der Waals surface area contributed by atoms with E-state index in [9.17, 15) is 0 Å². The molecule has 0 fully saturated rings. The second-order valence-electron chi connectivity index (χ2n) is 17.0. The van der Waals surface area contributed by atoms with Crippen LogP contribution < -0.4 is 61.5 Å². The van der Waals surface area contributed by atoms with Crippen LogP contribution >= 0.6 is 0 Å². The molecule has 0 unspecified atom stereocenters. The Kier molecular flexibility index (Phi) is 5.63. The summed E-state index contributed by atoms with van der Waals surface area (Å²) in [6.07, 6.45) is 0. The van der Waals surface area contributed by atoms with E-state index in [1.54, 1.807) is 0 Å². The van der Waals surface area contributed by atoms with Crippen LogP contribution in [0.3, 0.4) is 0 Å². The van der Waals surface area contributed by atoms with Crippen molar-refractivity contribution in [3.8, 4) is 46.0 Å². The number of rotatable bonds is 2. The lowest BCUT2D eigenvalue weighted by Gasteiger charge is -2.46. The topological polar surface area (TPSA) is 43.4 Å². The standard InChI is InChI=1S/C54H28B2N2O4/c1-3-15-31(16-4-1)57-37-25-29-13-7-9-19-33(29)53-45(37)55-47-39(21-11-23-41(47)61-53)59-43-28-36-35(51(57)49(43)55)27-44-50-52(36)58(32-17-5-2-6-18-32)38-26-30-14-8-10-20-34(30)54-46(38)56(50)48-40(60-44)22-12-24-42(48)62-54/h1-28H. The van der Waals surface area contributed by atoms with Crippen molar-refractivity contribution in [1.82, 2.24) is 0 Å². The summed E-state index contributed by atoms with van der Waals surface area (Å²) in [5.41, 5.74) is 13.1. The second kappa shape index (κ2) is 11.0. The van der Waals surface area contributed by atoms with Crippen LogP contribution in [0.15, 0.2) is 170 Å². The highest BCUT2D eigenvalue weighted by Crippen LogP contribution is 2.55. The van der Waals surface area contributed by atoms with Gasteiger partial charge in [0.25, 0.3) is 13.4 Å². The molecular formula is C54H28B2N2O4. The number of fused-ring (bicyclic) bond motifs is 7. The molecule has 0 aromatic heterocycles. The quantitative estimate of drug-likeness (QED) is 0.163. The van der Waals surface area contributed by atoms with Crippen LogP contribution in [0.2, 0.25) is 0 Å². The smallest absolute Gasteiger partial charge is 0.266 e. The largest absolute Gasteiger partial charge is 0.458 e. The lowest BCUT2D eigenvalue weighted by Crippen LogP contribution is -2.62. The first kappa shape index (κ1) is 31.8. The molecule has 0 atom stereocenters. The molecule has 6 nitrogen and oxygen atoms in total. The molecule has 0 saturated carbocycles. The zero-order chi connectivity index (χ0) is 39.9. The van der Waals surface area contributed by atoms with Crippen LogP contribution in [-0.2, 0) is 0 Å². The highest BCUT2D eigenvalue weighted by Gasteiger charge is 2.52. The van der Waals surface area contributed by atoms with Crippen LogP contribution in [0.5, 0.6) is 46.0 Å². The van der Waals surface area contributed by atoms with Crippen LogP contribution in [0.25, 0.3) is 32.3 Å².